The molecule has 4 heteroatoms. The van der Waals surface area contributed by atoms with Crippen molar-refractivity contribution in [2.24, 2.45) is 0 Å². The second kappa shape index (κ2) is 36.3. The third-order valence-electron chi connectivity index (χ3n) is 8.34. The van der Waals surface area contributed by atoms with Gasteiger partial charge in [-0.15, -0.1) is 0 Å². The first-order valence-corrected chi connectivity index (χ1v) is 18.8. The van der Waals surface area contributed by atoms with Gasteiger partial charge in [0.25, 0.3) is 0 Å². The van der Waals surface area contributed by atoms with E-state index in [-0.39, 0.29) is 12.6 Å². The Balaban J connectivity index is 3.41. The van der Waals surface area contributed by atoms with Crippen LogP contribution in [0.3, 0.4) is 0 Å². The van der Waals surface area contributed by atoms with Crippen LogP contribution in [-0.4, -0.2) is 37.0 Å². The SMILES string of the molecule is CCCCCCCC/C=C\CCCCCCCCCC(=O)OC(CO)COCCCCCCCCCCCCCCC. The Morgan fingerprint density at radius 3 is 1.36 bits per heavy atom. The van der Waals surface area contributed by atoms with Crippen LogP contribution in [0.25, 0.3) is 0 Å². The van der Waals surface area contributed by atoms with Crippen molar-refractivity contribution in [1.29, 1.82) is 0 Å². The van der Waals surface area contributed by atoms with Gasteiger partial charge in [0.05, 0.1) is 13.2 Å². The van der Waals surface area contributed by atoms with Gasteiger partial charge in [-0.05, 0) is 38.5 Å². The Labute approximate surface area is 263 Å². The van der Waals surface area contributed by atoms with Crippen molar-refractivity contribution in [1.82, 2.24) is 0 Å². The molecule has 250 valence electrons. The summed E-state index contributed by atoms with van der Waals surface area (Å²) >= 11 is 0. The number of hydrogen-bond acceptors (Lipinski definition) is 4. The highest BCUT2D eigenvalue weighted by molar-refractivity contribution is 5.69. The van der Waals surface area contributed by atoms with Crippen LogP contribution in [0.1, 0.15) is 200 Å². The zero-order chi connectivity index (χ0) is 30.6. The van der Waals surface area contributed by atoms with Crippen molar-refractivity contribution in [2.45, 2.75) is 206 Å². The number of hydrogen-bond donors (Lipinski definition) is 1. The molecule has 0 rings (SSSR count). The maximum absolute atomic E-state index is 12.1. The smallest absolute Gasteiger partial charge is 0.306 e. The van der Waals surface area contributed by atoms with Gasteiger partial charge in [0.1, 0.15) is 6.10 Å². The molecule has 0 radical (unpaired) electrons. The molecule has 1 unspecified atom stereocenters. The second-order valence-electron chi connectivity index (χ2n) is 12.7. The van der Waals surface area contributed by atoms with Gasteiger partial charge < -0.3 is 14.6 Å². The average molecular weight is 595 g/mol. The van der Waals surface area contributed by atoms with Gasteiger partial charge in [0.2, 0.25) is 0 Å². The van der Waals surface area contributed by atoms with E-state index >= 15 is 0 Å². The number of allylic oxidation sites excluding steroid dienone is 2. The van der Waals surface area contributed by atoms with E-state index in [0.29, 0.717) is 19.6 Å². The zero-order valence-electron chi connectivity index (χ0n) is 28.5. The third-order valence-corrected chi connectivity index (χ3v) is 8.34. The van der Waals surface area contributed by atoms with Gasteiger partial charge in [-0.25, -0.2) is 0 Å². The van der Waals surface area contributed by atoms with E-state index in [1.807, 2.05) is 0 Å². The number of rotatable bonds is 35. The number of carbonyl (C=O) groups excluding carboxylic acids is 1. The first kappa shape index (κ1) is 41.1. The van der Waals surface area contributed by atoms with Gasteiger partial charge in [0.15, 0.2) is 0 Å². The predicted octanol–water partition coefficient (Wildman–Crippen LogP) is 11.8. The lowest BCUT2D eigenvalue weighted by atomic mass is 10.0. The highest BCUT2D eigenvalue weighted by Gasteiger charge is 2.13. The fourth-order valence-corrected chi connectivity index (χ4v) is 5.50. The summed E-state index contributed by atoms with van der Waals surface area (Å²) in [7, 11) is 0. The molecular formula is C38H74O4. The summed E-state index contributed by atoms with van der Waals surface area (Å²) in [6.07, 6.45) is 41.0. The number of unbranched alkanes of at least 4 members (excludes halogenated alkanes) is 25. The normalized spacial score (nSPS) is 12.4. The summed E-state index contributed by atoms with van der Waals surface area (Å²) in [5, 5.41) is 9.55. The summed E-state index contributed by atoms with van der Waals surface area (Å²) in [4.78, 5) is 12.1. The van der Waals surface area contributed by atoms with Crippen LogP contribution >= 0.6 is 0 Å². The number of esters is 1. The Morgan fingerprint density at radius 1 is 0.548 bits per heavy atom. The van der Waals surface area contributed by atoms with Crippen LogP contribution in [0, 0.1) is 0 Å². The van der Waals surface area contributed by atoms with Crippen molar-refractivity contribution >= 4 is 5.97 Å². The molecule has 0 aliphatic carbocycles. The van der Waals surface area contributed by atoms with E-state index < -0.39 is 6.10 Å². The number of aliphatic hydroxyl groups excluding tert-OH is 1. The quantitative estimate of drug-likeness (QED) is 0.0450. The lowest BCUT2D eigenvalue weighted by molar-refractivity contribution is -0.154. The van der Waals surface area contributed by atoms with E-state index in [2.05, 4.69) is 26.0 Å². The zero-order valence-corrected chi connectivity index (χ0v) is 28.5. The molecule has 0 aromatic rings. The van der Waals surface area contributed by atoms with Crippen LogP contribution in [0.15, 0.2) is 12.2 Å². The maximum Gasteiger partial charge on any atom is 0.306 e. The van der Waals surface area contributed by atoms with Gasteiger partial charge in [-0.3, -0.25) is 4.79 Å². The van der Waals surface area contributed by atoms with Crippen LogP contribution in [0.2, 0.25) is 0 Å². The minimum absolute atomic E-state index is 0.168. The lowest BCUT2D eigenvalue weighted by Crippen LogP contribution is -2.27. The molecule has 0 aliphatic rings. The molecule has 0 amide bonds. The van der Waals surface area contributed by atoms with Crippen molar-refractivity contribution in [2.75, 3.05) is 19.8 Å². The van der Waals surface area contributed by atoms with Gasteiger partial charge in [0, 0.05) is 13.0 Å². The molecule has 0 aromatic heterocycles. The molecule has 0 aromatic carbocycles. The molecule has 0 bridgehead atoms. The topological polar surface area (TPSA) is 55.8 Å². The molecule has 0 spiro atoms. The average Bonchev–Trinajstić information content (AvgIpc) is 3.00. The van der Waals surface area contributed by atoms with Gasteiger partial charge in [-0.1, -0.05) is 167 Å². The summed E-state index contributed by atoms with van der Waals surface area (Å²) in [5.74, 6) is -0.202. The van der Waals surface area contributed by atoms with E-state index in [9.17, 15) is 9.90 Å². The first-order chi connectivity index (χ1) is 20.7. The van der Waals surface area contributed by atoms with Crippen LogP contribution < -0.4 is 0 Å². The molecular weight excluding hydrogens is 520 g/mol. The van der Waals surface area contributed by atoms with E-state index in [4.69, 9.17) is 9.47 Å². The molecule has 42 heavy (non-hydrogen) atoms. The standard InChI is InChI=1S/C38H74O4/c1-3-5-7-9-11-13-15-17-18-19-20-21-23-25-27-29-31-33-38(40)42-37(35-39)36-41-34-32-30-28-26-24-22-16-14-12-10-8-6-4-2/h17-18,37,39H,3-16,19-36H2,1-2H3/b18-17-. The Kier molecular flexibility index (Phi) is 35.6. The summed E-state index contributed by atoms with van der Waals surface area (Å²) in [6, 6.07) is 0. The van der Waals surface area contributed by atoms with Crippen LogP contribution in [0.5, 0.6) is 0 Å². The van der Waals surface area contributed by atoms with Crippen molar-refractivity contribution in [3.05, 3.63) is 12.2 Å². The predicted molar refractivity (Wildman–Crippen MR) is 182 cm³/mol. The Morgan fingerprint density at radius 2 is 0.929 bits per heavy atom. The highest BCUT2D eigenvalue weighted by atomic mass is 16.6. The minimum Gasteiger partial charge on any atom is -0.457 e. The number of aliphatic hydroxyl groups is 1. The number of ether oxygens (including phenoxy) is 2. The van der Waals surface area contributed by atoms with E-state index in [0.717, 1.165) is 19.3 Å². The summed E-state index contributed by atoms with van der Waals surface area (Å²) in [6.45, 7) is 5.36. The minimum atomic E-state index is -0.528. The third kappa shape index (κ3) is 33.6. The van der Waals surface area contributed by atoms with Gasteiger partial charge in [-0.2, -0.15) is 0 Å². The molecule has 0 aliphatic heterocycles. The molecule has 0 fully saturated rings. The van der Waals surface area contributed by atoms with Crippen LogP contribution in [-0.2, 0) is 14.3 Å². The van der Waals surface area contributed by atoms with Crippen molar-refractivity contribution in [3.63, 3.8) is 0 Å². The lowest BCUT2D eigenvalue weighted by Gasteiger charge is -2.16. The maximum atomic E-state index is 12.1. The molecule has 0 heterocycles. The highest BCUT2D eigenvalue weighted by Crippen LogP contribution is 2.14. The molecule has 4 nitrogen and oxygen atoms in total. The largest absolute Gasteiger partial charge is 0.457 e. The molecule has 0 saturated heterocycles. The first-order valence-electron chi connectivity index (χ1n) is 18.8. The summed E-state index contributed by atoms with van der Waals surface area (Å²) in [5.41, 5.74) is 0. The van der Waals surface area contributed by atoms with E-state index in [1.165, 1.54) is 161 Å². The van der Waals surface area contributed by atoms with E-state index in [1.54, 1.807) is 0 Å². The number of carbonyl (C=O) groups is 1. The Hall–Kier alpha value is -0.870. The Bertz CT molecular complexity index is 547. The fraction of sp³-hybridized carbons (Fsp3) is 0.921. The van der Waals surface area contributed by atoms with Crippen molar-refractivity contribution < 1.29 is 19.4 Å². The van der Waals surface area contributed by atoms with Crippen LogP contribution in [0.4, 0.5) is 0 Å². The molecule has 0 saturated carbocycles. The monoisotopic (exact) mass is 595 g/mol. The van der Waals surface area contributed by atoms with Crippen molar-refractivity contribution in [3.8, 4) is 0 Å². The molecule has 1 N–H and O–H groups in total. The molecule has 1 atom stereocenters. The second-order valence-corrected chi connectivity index (χ2v) is 12.7. The van der Waals surface area contributed by atoms with Gasteiger partial charge >= 0.3 is 5.97 Å². The summed E-state index contributed by atoms with van der Waals surface area (Å²) < 4.78 is 11.1. The fourth-order valence-electron chi connectivity index (χ4n) is 5.50.